The van der Waals surface area contributed by atoms with Crippen LogP contribution in [0.2, 0.25) is 0 Å². The highest BCUT2D eigenvalue weighted by atomic mass is 16.2. The standard InChI is InChI=1S/C18H27N3O2.CH5N/c1-3-4-5-17(14-22)21-11-10-20(13-15(21)2)18(23)7-6-16-8-9-19-12-16;1-2/h5-7,14,16,19H,2-4,8-13H2,1H3;2H2,1H3/b7-6+,17-5-;. The molecule has 1 amide bonds. The summed E-state index contributed by atoms with van der Waals surface area (Å²) in [6, 6.07) is 0. The zero-order chi connectivity index (χ0) is 18.7. The highest BCUT2D eigenvalue weighted by Crippen LogP contribution is 2.18. The van der Waals surface area contributed by atoms with E-state index in [2.05, 4.69) is 24.6 Å². The van der Waals surface area contributed by atoms with Crippen molar-refractivity contribution in [2.24, 2.45) is 11.7 Å². The van der Waals surface area contributed by atoms with Crippen molar-refractivity contribution in [3.8, 4) is 0 Å². The molecular formula is C19H32N4O2. The van der Waals surface area contributed by atoms with Gasteiger partial charge < -0.3 is 20.9 Å². The van der Waals surface area contributed by atoms with Gasteiger partial charge in [0.05, 0.1) is 12.2 Å². The van der Waals surface area contributed by atoms with Crippen LogP contribution in [0.5, 0.6) is 0 Å². The van der Waals surface area contributed by atoms with Gasteiger partial charge in [-0.05, 0) is 38.4 Å². The van der Waals surface area contributed by atoms with E-state index >= 15 is 0 Å². The van der Waals surface area contributed by atoms with Crippen LogP contribution in [0.4, 0.5) is 0 Å². The second kappa shape index (κ2) is 11.6. The van der Waals surface area contributed by atoms with Gasteiger partial charge in [0, 0.05) is 25.3 Å². The van der Waals surface area contributed by atoms with Crippen molar-refractivity contribution in [2.45, 2.75) is 26.2 Å². The number of rotatable bonds is 6. The molecule has 2 rings (SSSR count). The average Bonchev–Trinajstić information content (AvgIpc) is 3.16. The van der Waals surface area contributed by atoms with Crippen LogP contribution >= 0.6 is 0 Å². The maximum Gasteiger partial charge on any atom is 0.246 e. The summed E-state index contributed by atoms with van der Waals surface area (Å²) < 4.78 is 0. The Morgan fingerprint density at radius 1 is 1.40 bits per heavy atom. The molecule has 0 spiro atoms. The van der Waals surface area contributed by atoms with Crippen molar-refractivity contribution >= 4 is 12.2 Å². The van der Waals surface area contributed by atoms with Gasteiger partial charge in [-0.15, -0.1) is 0 Å². The normalized spacial score (nSPS) is 21.3. The Bertz CT molecular complexity index is 508. The van der Waals surface area contributed by atoms with Crippen molar-refractivity contribution in [1.29, 1.82) is 0 Å². The van der Waals surface area contributed by atoms with Gasteiger partial charge >= 0.3 is 0 Å². The predicted octanol–water partition coefficient (Wildman–Crippen LogP) is 1.27. The van der Waals surface area contributed by atoms with Crippen molar-refractivity contribution in [2.75, 3.05) is 39.8 Å². The molecule has 0 aromatic rings. The number of hydrogen-bond donors (Lipinski definition) is 2. The van der Waals surface area contributed by atoms with Crippen LogP contribution in [0.1, 0.15) is 26.2 Å². The molecule has 0 bridgehead atoms. The first-order chi connectivity index (χ1) is 12.2. The van der Waals surface area contributed by atoms with E-state index in [-0.39, 0.29) is 5.91 Å². The van der Waals surface area contributed by atoms with Crippen molar-refractivity contribution in [1.82, 2.24) is 15.1 Å². The summed E-state index contributed by atoms with van der Waals surface area (Å²) in [5.74, 6) is 0.491. The van der Waals surface area contributed by atoms with Gasteiger partial charge in [-0.2, -0.15) is 0 Å². The van der Waals surface area contributed by atoms with Gasteiger partial charge in [0.1, 0.15) is 0 Å². The molecule has 0 saturated carbocycles. The van der Waals surface area contributed by atoms with Gasteiger partial charge in [0.2, 0.25) is 5.91 Å². The second-order valence-corrected chi connectivity index (χ2v) is 6.13. The number of nitrogens with two attached hydrogens (primary N) is 1. The van der Waals surface area contributed by atoms with Crippen molar-refractivity contribution in [3.05, 3.63) is 36.2 Å². The summed E-state index contributed by atoms with van der Waals surface area (Å²) in [4.78, 5) is 27.3. The molecule has 0 aromatic heterocycles. The monoisotopic (exact) mass is 348 g/mol. The average molecular weight is 348 g/mol. The van der Waals surface area contributed by atoms with Crippen LogP contribution in [0, 0.1) is 5.92 Å². The molecular weight excluding hydrogens is 316 g/mol. The molecule has 2 heterocycles. The van der Waals surface area contributed by atoms with E-state index in [1.807, 2.05) is 17.1 Å². The van der Waals surface area contributed by atoms with E-state index in [0.29, 0.717) is 31.2 Å². The molecule has 2 fully saturated rings. The Hall–Kier alpha value is -1.92. The molecule has 0 radical (unpaired) electrons. The summed E-state index contributed by atoms with van der Waals surface area (Å²) in [6.45, 7) is 9.81. The number of hydrogen-bond acceptors (Lipinski definition) is 5. The predicted molar refractivity (Wildman–Crippen MR) is 102 cm³/mol. The quantitative estimate of drug-likeness (QED) is 0.558. The summed E-state index contributed by atoms with van der Waals surface area (Å²) in [5, 5.41) is 3.29. The Morgan fingerprint density at radius 3 is 2.72 bits per heavy atom. The molecule has 25 heavy (non-hydrogen) atoms. The molecule has 6 heteroatoms. The maximum absolute atomic E-state index is 12.3. The molecule has 2 aliphatic heterocycles. The van der Waals surface area contributed by atoms with E-state index in [4.69, 9.17) is 0 Å². The third-order valence-corrected chi connectivity index (χ3v) is 4.34. The Labute approximate surface area is 151 Å². The Balaban J connectivity index is 0.00000151. The minimum absolute atomic E-state index is 0.0305. The number of carbonyl (C=O) groups is 2. The van der Waals surface area contributed by atoms with Gasteiger partial charge in [0.15, 0.2) is 6.29 Å². The summed E-state index contributed by atoms with van der Waals surface area (Å²) >= 11 is 0. The molecule has 3 N–H and O–H groups in total. The number of nitrogens with one attached hydrogen (secondary N) is 1. The summed E-state index contributed by atoms with van der Waals surface area (Å²) in [7, 11) is 1.50. The van der Waals surface area contributed by atoms with Crippen molar-refractivity contribution in [3.63, 3.8) is 0 Å². The zero-order valence-electron chi connectivity index (χ0n) is 15.5. The van der Waals surface area contributed by atoms with Crippen LogP contribution < -0.4 is 11.1 Å². The molecule has 6 nitrogen and oxygen atoms in total. The Morgan fingerprint density at radius 2 is 2.16 bits per heavy atom. The molecule has 1 atom stereocenters. The van der Waals surface area contributed by atoms with Gasteiger partial charge in [-0.1, -0.05) is 32.1 Å². The summed E-state index contributed by atoms with van der Waals surface area (Å²) in [5.41, 5.74) is 5.96. The minimum atomic E-state index is 0.0305. The van der Waals surface area contributed by atoms with Crippen LogP contribution in [0.3, 0.4) is 0 Å². The van der Waals surface area contributed by atoms with Crippen LogP contribution in [0.25, 0.3) is 0 Å². The van der Waals surface area contributed by atoms with Crippen molar-refractivity contribution < 1.29 is 9.59 Å². The highest BCUT2D eigenvalue weighted by molar-refractivity contribution is 5.88. The topological polar surface area (TPSA) is 78.7 Å². The molecule has 0 aliphatic carbocycles. The second-order valence-electron chi connectivity index (χ2n) is 6.13. The van der Waals surface area contributed by atoms with Gasteiger partial charge in [-0.25, -0.2) is 0 Å². The molecule has 140 valence electrons. The molecule has 0 aromatic carbocycles. The first kappa shape index (κ1) is 21.1. The third-order valence-electron chi connectivity index (χ3n) is 4.34. The molecule has 1 unspecified atom stereocenters. The van der Waals surface area contributed by atoms with Crippen LogP contribution in [0.15, 0.2) is 36.2 Å². The largest absolute Gasteiger partial charge is 0.340 e. The fraction of sp³-hybridized carbons (Fsp3) is 0.579. The molecule has 2 aliphatic rings. The molecule has 2 saturated heterocycles. The lowest BCUT2D eigenvalue weighted by Gasteiger charge is -2.37. The number of carbonyl (C=O) groups excluding carboxylic acids is 2. The van der Waals surface area contributed by atoms with E-state index in [9.17, 15) is 9.59 Å². The number of nitrogens with zero attached hydrogens (tertiary/aromatic N) is 2. The van der Waals surface area contributed by atoms with E-state index in [1.165, 1.54) is 7.05 Å². The smallest absolute Gasteiger partial charge is 0.246 e. The highest BCUT2D eigenvalue weighted by Gasteiger charge is 2.24. The first-order valence-corrected chi connectivity index (χ1v) is 9.02. The number of piperazine rings is 1. The van der Waals surface area contributed by atoms with Crippen LogP contribution in [-0.2, 0) is 9.59 Å². The maximum atomic E-state index is 12.3. The first-order valence-electron chi connectivity index (χ1n) is 9.02. The minimum Gasteiger partial charge on any atom is -0.340 e. The van der Waals surface area contributed by atoms with E-state index in [1.54, 1.807) is 11.0 Å². The van der Waals surface area contributed by atoms with E-state index < -0.39 is 0 Å². The van der Waals surface area contributed by atoms with E-state index in [0.717, 1.165) is 44.3 Å². The lowest BCUT2D eigenvalue weighted by molar-refractivity contribution is -0.126. The van der Waals surface area contributed by atoms with Gasteiger partial charge in [0.25, 0.3) is 0 Å². The Kier molecular flexibility index (Phi) is 9.80. The lowest BCUT2D eigenvalue weighted by atomic mass is 10.1. The third kappa shape index (κ3) is 6.48. The summed E-state index contributed by atoms with van der Waals surface area (Å²) in [6.07, 6.45) is 9.49. The number of unbranched alkanes of at least 4 members (excludes halogenated alkanes) is 1. The van der Waals surface area contributed by atoms with Gasteiger partial charge in [-0.3, -0.25) is 9.59 Å². The lowest BCUT2D eigenvalue weighted by Crippen LogP contribution is -2.46. The van der Waals surface area contributed by atoms with Crippen LogP contribution in [-0.4, -0.2) is 61.8 Å². The zero-order valence-corrected chi connectivity index (χ0v) is 15.5. The fourth-order valence-corrected chi connectivity index (χ4v) is 2.94. The number of amides is 1. The number of aldehydes is 1. The number of allylic oxidation sites excluding steroid dienone is 2. The fourth-order valence-electron chi connectivity index (χ4n) is 2.94. The SMILES string of the molecule is C=C1CN(C(=O)/C=C/C2CCNC2)CCN1/C(C=O)=C\CCC.CN.